The van der Waals surface area contributed by atoms with Gasteiger partial charge in [-0.1, -0.05) is 6.92 Å². The smallest absolute Gasteiger partial charge is 0.224 e. The fourth-order valence-electron chi connectivity index (χ4n) is 0.875. The Morgan fingerprint density at radius 1 is 1.31 bits per heavy atom. The Morgan fingerprint density at radius 2 is 1.85 bits per heavy atom. The van der Waals surface area contributed by atoms with E-state index in [0.717, 1.165) is 18.2 Å². The van der Waals surface area contributed by atoms with Gasteiger partial charge in [-0.05, 0) is 12.1 Å². The molecule has 0 atom stereocenters. The maximum absolute atomic E-state index is 12.6. The van der Waals surface area contributed by atoms with E-state index in [1.165, 1.54) is 0 Å². The Balaban J connectivity index is 2.83. The highest BCUT2D eigenvalue weighted by Crippen LogP contribution is 2.12. The minimum Gasteiger partial charge on any atom is -0.326 e. The van der Waals surface area contributed by atoms with Crippen LogP contribution in [0, 0.1) is 11.6 Å². The van der Waals surface area contributed by atoms with E-state index >= 15 is 0 Å². The number of amides is 1. The van der Waals surface area contributed by atoms with Crippen molar-refractivity contribution in [2.24, 2.45) is 0 Å². The van der Waals surface area contributed by atoms with Gasteiger partial charge in [0, 0.05) is 18.2 Å². The maximum Gasteiger partial charge on any atom is 0.224 e. The third-order valence-electron chi connectivity index (χ3n) is 1.47. The maximum atomic E-state index is 12.6. The second-order valence-electron chi connectivity index (χ2n) is 2.56. The highest BCUT2D eigenvalue weighted by Gasteiger charge is 2.02. The summed E-state index contributed by atoms with van der Waals surface area (Å²) in [6.07, 6.45) is 0.276. The summed E-state index contributed by atoms with van der Waals surface area (Å²) in [6, 6.07) is 2.88. The monoisotopic (exact) mass is 185 g/mol. The Labute approximate surface area is 74.6 Å². The molecular formula is C9H9F2NO. The summed E-state index contributed by atoms with van der Waals surface area (Å²) in [4.78, 5) is 10.8. The average molecular weight is 185 g/mol. The van der Waals surface area contributed by atoms with Crippen LogP contribution in [0.4, 0.5) is 14.5 Å². The van der Waals surface area contributed by atoms with Crippen LogP contribution in [0.25, 0.3) is 0 Å². The van der Waals surface area contributed by atoms with Gasteiger partial charge >= 0.3 is 0 Å². The van der Waals surface area contributed by atoms with Crippen LogP contribution >= 0.6 is 0 Å². The zero-order valence-electron chi connectivity index (χ0n) is 7.10. The van der Waals surface area contributed by atoms with Crippen molar-refractivity contribution in [2.75, 3.05) is 5.32 Å². The van der Waals surface area contributed by atoms with E-state index in [0.29, 0.717) is 0 Å². The Hall–Kier alpha value is -1.45. The lowest BCUT2D eigenvalue weighted by Gasteiger charge is -2.02. The highest BCUT2D eigenvalue weighted by atomic mass is 19.1. The Bertz CT molecular complexity index is 305. The van der Waals surface area contributed by atoms with E-state index in [-0.39, 0.29) is 18.0 Å². The lowest BCUT2D eigenvalue weighted by Crippen LogP contribution is -2.09. The van der Waals surface area contributed by atoms with Crippen molar-refractivity contribution in [3.8, 4) is 0 Å². The molecule has 1 aromatic carbocycles. The van der Waals surface area contributed by atoms with Gasteiger partial charge in [-0.25, -0.2) is 8.78 Å². The van der Waals surface area contributed by atoms with Gasteiger partial charge in [0.2, 0.25) is 5.91 Å². The standard InChI is InChI=1S/C9H9F2NO/c1-2-9(13)12-8-4-6(10)3-7(11)5-8/h3-5H,2H2,1H3,(H,12,13). The van der Waals surface area contributed by atoms with Gasteiger partial charge < -0.3 is 5.32 Å². The average Bonchev–Trinajstić information content (AvgIpc) is 2.02. The zero-order valence-corrected chi connectivity index (χ0v) is 7.10. The van der Waals surface area contributed by atoms with Gasteiger partial charge in [-0.2, -0.15) is 0 Å². The summed E-state index contributed by atoms with van der Waals surface area (Å²) in [7, 11) is 0. The lowest BCUT2D eigenvalue weighted by atomic mass is 10.3. The molecule has 0 unspecified atom stereocenters. The summed E-state index contributed by atoms with van der Waals surface area (Å²) in [6.45, 7) is 1.66. The molecule has 0 heterocycles. The number of rotatable bonds is 2. The molecule has 1 rings (SSSR count). The van der Waals surface area contributed by atoms with Gasteiger partial charge in [0.25, 0.3) is 0 Å². The number of benzene rings is 1. The van der Waals surface area contributed by atoms with E-state index in [1.807, 2.05) is 0 Å². The molecule has 4 heteroatoms. The van der Waals surface area contributed by atoms with Gasteiger partial charge in [-0.15, -0.1) is 0 Å². The van der Waals surface area contributed by atoms with Crippen LogP contribution < -0.4 is 5.32 Å². The van der Waals surface area contributed by atoms with Crippen molar-refractivity contribution in [3.05, 3.63) is 29.8 Å². The van der Waals surface area contributed by atoms with Crippen LogP contribution in [0.1, 0.15) is 13.3 Å². The minimum absolute atomic E-state index is 0.143. The van der Waals surface area contributed by atoms with E-state index in [4.69, 9.17) is 0 Å². The highest BCUT2D eigenvalue weighted by molar-refractivity contribution is 5.90. The van der Waals surface area contributed by atoms with Crippen LogP contribution in [0.5, 0.6) is 0 Å². The summed E-state index contributed by atoms with van der Waals surface area (Å²) >= 11 is 0. The first-order chi connectivity index (χ1) is 6.11. The zero-order chi connectivity index (χ0) is 9.84. The number of hydrogen-bond donors (Lipinski definition) is 1. The number of nitrogens with one attached hydrogen (secondary N) is 1. The minimum atomic E-state index is -0.702. The molecule has 0 aliphatic rings. The Kier molecular flexibility index (Phi) is 2.95. The van der Waals surface area contributed by atoms with Crippen LogP contribution in [0.3, 0.4) is 0 Å². The van der Waals surface area contributed by atoms with E-state index in [1.54, 1.807) is 6.92 Å². The second-order valence-corrected chi connectivity index (χ2v) is 2.56. The third-order valence-corrected chi connectivity index (χ3v) is 1.47. The van der Waals surface area contributed by atoms with Crippen molar-refractivity contribution < 1.29 is 13.6 Å². The van der Waals surface area contributed by atoms with Gasteiger partial charge in [0.1, 0.15) is 11.6 Å². The molecule has 1 N–H and O–H groups in total. The molecule has 13 heavy (non-hydrogen) atoms. The predicted octanol–water partition coefficient (Wildman–Crippen LogP) is 2.31. The normalized spacial score (nSPS) is 9.77. The number of carbonyl (C=O) groups excluding carboxylic acids is 1. The Morgan fingerprint density at radius 3 is 2.31 bits per heavy atom. The largest absolute Gasteiger partial charge is 0.326 e. The van der Waals surface area contributed by atoms with E-state index < -0.39 is 11.6 Å². The molecule has 0 aromatic heterocycles. The molecule has 0 aliphatic carbocycles. The molecule has 1 amide bonds. The van der Waals surface area contributed by atoms with Crippen LogP contribution in [0.15, 0.2) is 18.2 Å². The fourth-order valence-corrected chi connectivity index (χ4v) is 0.875. The first-order valence-electron chi connectivity index (χ1n) is 3.87. The lowest BCUT2D eigenvalue weighted by molar-refractivity contribution is -0.115. The fraction of sp³-hybridized carbons (Fsp3) is 0.222. The predicted molar refractivity (Wildman–Crippen MR) is 45.3 cm³/mol. The molecule has 0 radical (unpaired) electrons. The van der Waals surface area contributed by atoms with Crippen molar-refractivity contribution >= 4 is 11.6 Å². The van der Waals surface area contributed by atoms with Crippen molar-refractivity contribution in [1.29, 1.82) is 0 Å². The number of anilines is 1. The van der Waals surface area contributed by atoms with Gasteiger partial charge in [0.15, 0.2) is 0 Å². The number of carbonyl (C=O) groups is 1. The number of hydrogen-bond acceptors (Lipinski definition) is 1. The quantitative estimate of drug-likeness (QED) is 0.752. The third kappa shape index (κ3) is 2.82. The van der Waals surface area contributed by atoms with Crippen molar-refractivity contribution in [2.45, 2.75) is 13.3 Å². The molecular weight excluding hydrogens is 176 g/mol. The summed E-state index contributed by atoms with van der Waals surface area (Å²) in [5, 5.41) is 2.35. The molecule has 70 valence electrons. The molecule has 2 nitrogen and oxygen atoms in total. The van der Waals surface area contributed by atoms with Crippen molar-refractivity contribution in [3.63, 3.8) is 0 Å². The second kappa shape index (κ2) is 3.98. The summed E-state index contributed by atoms with van der Waals surface area (Å²) < 4.78 is 25.2. The SMILES string of the molecule is CCC(=O)Nc1cc(F)cc(F)c1. The molecule has 0 spiro atoms. The van der Waals surface area contributed by atoms with Gasteiger partial charge in [0.05, 0.1) is 0 Å². The first kappa shape index (κ1) is 9.64. The number of halogens is 2. The van der Waals surface area contributed by atoms with Crippen LogP contribution in [-0.4, -0.2) is 5.91 Å². The van der Waals surface area contributed by atoms with Gasteiger partial charge in [-0.3, -0.25) is 4.79 Å². The summed E-state index contributed by atoms with van der Waals surface area (Å²) in [5.41, 5.74) is 0.143. The van der Waals surface area contributed by atoms with E-state index in [2.05, 4.69) is 5.32 Å². The van der Waals surface area contributed by atoms with Crippen LogP contribution in [-0.2, 0) is 4.79 Å². The molecule has 0 saturated carbocycles. The topological polar surface area (TPSA) is 29.1 Å². The van der Waals surface area contributed by atoms with Crippen LogP contribution in [0.2, 0.25) is 0 Å². The molecule has 1 aromatic rings. The van der Waals surface area contributed by atoms with E-state index in [9.17, 15) is 13.6 Å². The summed E-state index contributed by atoms with van der Waals surface area (Å²) in [5.74, 6) is -1.68. The van der Waals surface area contributed by atoms with Crippen molar-refractivity contribution in [1.82, 2.24) is 0 Å². The molecule has 0 aliphatic heterocycles. The molecule has 0 bridgehead atoms. The first-order valence-corrected chi connectivity index (χ1v) is 3.87. The molecule has 0 fully saturated rings. The molecule has 0 saturated heterocycles.